The van der Waals surface area contributed by atoms with Crippen molar-refractivity contribution in [2.75, 3.05) is 13.7 Å². The first kappa shape index (κ1) is 62.3. The Bertz CT molecular complexity index is 3010. The van der Waals surface area contributed by atoms with Gasteiger partial charge in [0.1, 0.15) is 61.1 Å². The van der Waals surface area contributed by atoms with E-state index < -0.39 is 116 Å². The second-order valence-corrected chi connectivity index (χ2v) is 22.8. The summed E-state index contributed by atoms with van der Waals surface area (Å²) in [5, 5.41) is 35.4. The molecule has 2 aliphatic carbocycles. The monoisotopic (exact) mass is 1180 g/mol. The van der Waals surface area contributed by atoms with Crippen molar-refractivity contribution in [1.29, 1.82) is 0 Å². The fourth-order valence-electron chi connectivity index (χ4n) is 12.3. The minimum absolute atomic E-state index is 0.0201. The summed E-state index contributed by atoms with van der Waals surface area (Å²) < 4.78 is 68.8. The summed E-state index contributed by atoms with van der Waals surface area (Å²) in [4.78, 5) is 42.0. The largest absolute Gasteiger partial charge is 0.469 e. The van der Waals surface area contributed by atoms with Crippen LogP contribution < -0.4 is 5.32 Å². The number of nitrogens with zero attached hydrogens (tertiary/aromatic N) is 3. The lowest BCUT2D eigenvalue weighted by Crippen LogP contribution is -2.67. The van der Waals surface area contributed by atoms with Gasteiger partial charge in [0.25, 0.3) is 0 Å². The highest BCUT2D eigenvalue weighted by atomic mass is 16.7. The molecule has 0 radical (unpaired) electrons. The number of aliphatic hydroxyl groups is 2. The number of benzene rings is 5. The number of aliphatic hydroxyl groups excluding tert-OH is 2. The highest BCUT2D eigenvalue weighted by Gasteiger charge is 2.55. The molecule has 4 aliphatic rings. The number of rotatable bonds is 25. The second-order valence-electron chi connectivity index (χ2n) is 22.8. The Balaban J connectivity index is 1.04. The van der Waals surface area contributed by atoms with Crippen LogP contribution in [0.3, 0.4) is 0 Å². The fraction of sp³-hybridized carbons (Fsp3) is 0.478. The number of ether oxygens (including phenoxy) is 10. The number of hydrogen-bond acceptors (Lipinski definition) is 17. The molecule has 1 aromatic heterocycles. The summed E-state index contributed by atoms with van der Waals surface area (Å²) in [5.41, 5.74) is 4.86. The number of esters is 2. The van der Waals surface area contributed by atoms with Crippen LogP contribution in [0.25, 0.3) is 11.3 Å². The molecular formula is C67H80N4O15. The van der Waals surface area contributed by atoms with Gasteiger partial charge in [-0.15, -0.1) is 5.10 Å². The first-order chi connectivity index (χ1) is 42.0. The van der Waals surface area contributed by atoms with Crippen LogP contribution in [-0.4, -0.2) is 136 Å². The highest BCUT2D eigenvalue weighted by molar-refractivity contribution is 5.75. The average Bonchev–Trinajstić information content (AvgIpc) is 1.30. The minimum atomic E-state index is -1.59. The van der Waals surface area contributed by atoms with Crippen molar-refractivity contribution in [1.82, 2.24) is 20.3 Å². The van der Waals surface area contributed by atoms with Crippen molar-refractivity contribution in [3.05, 3.63) is 180 Å². The second kappa shape index (κ2) is 30.7. The standard InChI is InChI=1S/C67H80N4O15/c1-43-59(78-39-46-24-12-5-13-25-46)62(79-40-47-26-14-6-15-27-47)63(80-41-48-28-16-7-17-29-48)67(82-43)86-60-53(71-37-52(69-70-71)50-32-20-9-21-33-50)35-51(64(75)77-3)36-54(60)84-66-57(68-44(2)73)61(58(74)56(38-72)85-66)83-55(34-45-22-10-4-11-23-45)65(76)81-42-49-30-18-8-19-31-49/h5-9,12-21,24-33,37,43,45,51,53-63,66-67,72,74H,4,10-11,22-23,34-36,38-42H2,1-3H3,(H,68,73)/t43?,51?,53-,54?,55+,56+,57?,58?,59?,60?,61?,62?,63?,66-,67?/m1/s1. The lowest BCUT2D eigenvalue weighted by Gasteiger charge is -2.50. The molecule has 10 rings (SSSR count). The number of carbonyl (C=O) groups is 3. The maximum atomic E-state index is 14.4. The number of carbonyl (C=O) groups excluding carboxylic acids is 3. The lowest BCUT2D eigenvalue weighted by molar-refractivity contribution is -0.350. The molecule has 3 N–H and O–H groups in total. The van der Waals surface area contributed by atoms with Crippen molar-refractivity contribution >= 4 is 17.8 Å². The van der Waals surface area contributed by atoms with Crippen LogP contribution in [0.2, 0.25) is 0 Å². The van der Waals surface area contributed by atoms with E-state index in [1.165, 1.54) is 14.0 Å². The van der Waals surface area contributed by atoms with E-state index >= 15 is 0 Å². The zero-order chi connectivity index (χ0) is 59.8. The van der Waals surface area contributed by atoms with Crippen LogP contribution in [0.4, 0.5) is 0 Å². The number of hydrogen-bond donors (Lipinski definition) is 3. The van der Waals surface area contributed by atoms with Crippen LogP contribution in [0, 0.1) is 11.8 Å². The van der Waals surface area contributed by atoms with Crippen molar-refractivity contribution < 1.29 is 72.0 Å². The third kappa shape index (κ3) is 16.3. The predicted octanol–water partition coefficient (Wildman–Crippen LogP) is 8.39. The molecule has 2 saturated carbocycles. The van der Waals surface area contributed by atoms with Crippen LogP contribution in [0.1, 0.15) is 93.5 Å². The van der Waals surface area contributed by atoms with Crippen molar-refractivity contribution in [2.24, 2.45) is 11.8 Å². The molecule has 3 heterocycles. The molecule has 6 aromatic rings. The van der Waals surface area contributed by atoms with Crippen LogP contribution in [0.5, 0.6) is 0 Å². The molecular weight excluding hydrogens is 1100 g/mol. The Hall–Kier alpha value is -6.75. The van der Waals surface area contributed by atoms with Gasteiger partial charge < -0.3 is 62.9 Å². The van der Waals surface area contributed by atoms with E-state index in [0.29, 0.717) is 5.69 Å². The molecule has 1 amide bonds. The number of nitrogens with one attached hydrogen (secondary N) is 1. The normalized spacial score (nSPS) is 28.2. The number of methoxy groups -OCH3 is 1. The van der Waals surface area contributed by atoms with Crippen molar-refractivity contribution in [2.45, 2.75) is 177 Å². The number of aromatic nitrogens is 3. The molecule has 19 heteroatoms. The quantitative estimate of drug-likeness (QED) is 0.0457. The zero-order valence-corrected chi connectivity index (χ0v) is 49.0. The molecule has 2 saturated heterocycles. The van der Waals surface area contributed by atoms with Gasteiger partial charge >= 0.3 is 11.9 Å². The first-order valence-electron chi connectivity index (χ1n) is 30.1. The molecule has 0 bridgehead atoms. The summed E-state index contributed by atoms with van der Waals surface area (Å²) in [6, 6.07) is 46.0. The summed E-state index contributed by atoms with van der Waals surface area (Å²) in [6.45, 7) is 3.05. The Morgan fingerprint density at radius 2 is 1.22 bits per heavy atom. The third-order valence-electron chi connectivity index (χ3n) is 16.7. The van der Waals surface area contributed by atoms with E-state index in [2.05, 4.69) is 10.4 Å². The van der Waals surface area contributed by atoms with E-state index in [-0.39, 0.29) is 51.6 Å². The third-order valence-corrected chi connectivity index (χ3v) is 16.7. The van der Waals surface area contributed by atoms with E-state index in [1.54, 1.807) is 10.9 Å². The average molecular weight is 1180 g/mol. The summed E-state index contributed by atoms with van der Waals surface area (Å²) in [6.07, 6.45) is -6.73. The van der Waals surface area contributed by atoms with Gasteiger partial charge in [-0.25, -0.2) is 9.48 Å². The van der Waals surface area contributed by atoms with E-state index in [0.717, 1.165) is 59.9 Å². The predicted molar refractivity (Wildman–Crippen MR) is 314 cm³/mol. The lowest BCUT2D eigenvalue weighted by atomic mass is 9.81. The minimum Gasteiger partial charge on any atom is -0.469 e. The summed E-state index contributed by atoms with van der Waals surface area (Å²) in [7, 11) is 1.32. The molecule has 2 aliphatic heterocycles. The van der Waals surface area contributed by atoms with E-state index in [1.807, 2.05) is 159 Å². The van der Waals surface area contributed by atoms with Crippen molar-refractivity contribution in [3.63, 3.8) is 0 Å². The molecule has 458 valence electrons. The topological polar surface area (TPSA) is 227 Å². The van der Waals surface area contributed by atoms with Crippen LogP contribution in [-0.2, 0) is 88.2 Å². The van der Waals surface area contributed by atoms with Gasteiger partial charge in [-0.2, -0.15) is 0 Å². The van der Waals surface area contributed by atoms with E-state index in [4.69, 9.17) is 52.6 Å². The highest BCUT2D eigenvalue weighted by Crippen LogP contribution is 2.43. The van der Waals surface area contributed by atoms with Gasteiger partial charge in [0.2, 0.25) is 5.91 Å². The molecule has 0 spiro atoms. The molecule has 86 heavy (non-hydrogen) atoms. The van der Waals surface area contributed by atoms with Gasteiger partial charge in [-0.05, 0) is 54.4 Å². The van der Waals surface area contributed by atoms with Gasteiger partial charge in [0, 0.05) is 12.5 Å². The van der Waals surface area contributed by atoms with Gasteiger partial charge in [0.05, 0.1) is 63.9 Å². The Labute approximate surface area is 502 Å². The maximum Gasteiger partial charge on any atom is 0.335 e. The molecule has 11 unspecified atom stereocenters. The van der Waals surface area contributed by atoms with Crippen LogP contribution in [0.15, 0.2) is 158 Å². The van der Waals surface area contributed by atoms with Gasteiger partial charge in [-0.1, -0.05) is 189 Å². The van der Waals surface area contributed by atoms with Crippen molar-refractivity contribution in [3.8, 4) is 11.3 Å². The Morgan fingerprint density at radius 3 is 1.79 bits per heavy atom. The first-order valence-corrected chi connectivity index (χ1v) is 30.1. The zero-order valence-electron chi connectivity index (χ0n) is 49.0. The van der Waals surface area contributed by atoms with Gasteiger partial charge in [0.15, 0.2) is 18.7 Å². The maximum absolute atomic E-state index is 14.4. The molecule has 4 fully saturated rings. The smallest absolute Gasteiger partial charge is 0.335 e. The molecule has 19 nitrogen and oxygen atoms in total. The molecule has 5 aromatic carbocycles. The fourth-order valence-corrected chi connectivity index (χ4v) is 12.3. The van der Waals surface area contributed by atoms with E-state index in [9.17, 15) is 24.6 Å². The summed E-state index contributed by atoms with van der Waals surface area (Å²) >= 11 is 0. The van der Waals surface area contributed by atoms with Crippen LogP contribution >= 0.6 is 0 Å². The number of amides is 1. The SMILES string of the molecule is COC(=O)C1CC(O[C@@H]2O[C@@H](CO)C(O)C(O[C@@H](CC3CCCCC3)C(=O)OCc3ccccc3)C2NC(C)=O)C(OC2OC(C)C(OCc3ccccc3)C(OCc3ccccc3)C2OCc2ccccc2)[C@H](n2cc(-c3ccccc3)nn2)C1. The Kier molecular flexibility index (Phi) is 22.3. The summed E-state index contributed by atoms with van der Waals surface area (Å²) in [5.74, 6) is -2.42. The molecule has 15 atom stereocenters. The van der Waals surface area contributed by atoms with Gasteiger partial charge in [-0.3, -0.25) is 9.59 Å². The Morgan fingerprint density at radius 1 is 0.663 bits per heavy atom.